The highest BCUT2D eigenvalue weighted by Crippen LogP contribution is 2.33. The van der Waals surface area contributed by atoms with Gasteiger partial charge >= 0.3 is 0 Å². The van der Waals surface area contributed by atoms with Crippen molar-refractivity contribution in [1.82, 2.24) is 5.32 Å². The summed E-state index contributed by atoms with van der Waals surface area (Å²) in [7, 11) is 2.02. The van der Waals surface area contributed by atoms with Crippen LogP contribution in [0, 0.1) is 0 Å². The van der Waals surface area contributed by atoms with E-state index in [1.807, 2.05) is 7.05 Å². The summed E-state index contributed by atoms with van der Waals surface area (Å²) in [5.74, 6) is 3.07. The van der Waals surface area contributed by atoms with E-state index in [1.165, 1.54) is 24.2 Å². The molecule has 0 spiro atoms. The van der Waals surface area contributed by atoms with Gasteiger partial charge in [0.1, 0.15) is 11.5 Å². The molecular formula is C12H19NO. The fourth-order valence-electron chi connectivity index (χ4n) is 2.34. The molecule has 0 aromatic carbocycles. The van der Waals surface area contributed by atoms with Crippen molar-refractivity contribution in [2.45, 2.75) is 38.5 Å². The third kappa shape index (κ3) is 1.71. The van der Waals surface area contributed by atoms with Gasteiger partial charge in [0.05, 0.1) is 0 Å². The van der Waals surface area contributed by atoms with Gasteiger partial charge in [-0.25, -0.2) is 0 Å². The Morgan fingerprint density at radius 3 is 3.14 bits per heavy atom. The van der Waals surface area contributed by atoms with Gasteiger partial charge in [-0.05, 0) is 37.4 Å². The maximum Gasteiger partial charge on any atom is 0.107 e. The van der Waals surface area contributed by atoms with E-state index in [2.05, 4.69) is 18.3 Å². The van der Waals surface area contributed by atoms with Crippen LogP contribution in [0.4, 0.5) is 0 Å². The molecule has 0 saturated carbocycles. The first-order valence-corrected chi connectivity index (χ1v) is 5.61. The van der Waals surface area contributed by atoms with E-state index in [0.29, 0.717) is 5.92 Å². The third-order valence-corrected chi connectivity index (χ3v) is 3.09. The second kappa shape index (κ2) is 4.18. The smallest absolute Gasteiger partial charge is 0.107 e. The Balaban J connectivity index is 2.24. The minimum atomic E-state index is 0.674. The molecule has 1 N–H and O–H groups in total. The Morgan fingerprint density at radius 1 is 1.57 bits per heavy atom. The van der Waals surface area contributed by atoms with Crippen molar-refractivity contribution in [3.05, 3.63) is 23.2 Å². The van der Waals surface area contributed by atoms with E-state index < -0.39 is 0 Å². The van der Waals surface area contributed by atoms with Crippen LogP contribution in [-0.2, 0) is 12.8 Å². The Kier molecular flexibility index (Phi) is 2.92. The van der Waals surface area contributed by atoms with Gasteiger partial charge in [0.25, 0.3) is 0 Å². The molecule has 14 heavy (non-hydrogen) atoms. The van der Waals surface area contributed by atoms with Crippen LogP contribution < -0.4 is 5.32 Å². The van der Waals surface area contributed by atoms with Crippen molar-refractivity contribution in [2.75, 3.05) is 13.6 Å². The molecule has 0 radical (unpaired) electrons. The highest BCUT2D eigenvalue weighted by molar-refractivity contribution is 5.28. The van der Waals surface area contributed by atoms with Gasteiger partial charge in [0.2, 0.25) is 0 Å². The fraction of sp³-hybridized carbons (Fsp3) is 0.667. The maximum atomic E-state index is 5.80. The second-order valence-corrected chi connectivity index (χ2v) is 4.09. The SMILES string of the molecule is CCc1cc2c(o1)CCCC2CNC. The normalized spacial score (nSPS) is 20.9. The number of aryl methyl sites for hydroxylation is 2. The number of fused-ring (bicyclic) bond motifs is 1. The van der Waals surface area contributed by atoms with Gasteiger partial charge in [-0.15, -0.1) is 0 Å². The molecule has 0 amide bonds. The van der Waals surface area contributed by atoms with Crippen molar-refractivity contribution < 1.29 is 4.42 Å². The van der Waals surface area contributed by atoms with Crippen molar-refractivity contribution in [3.63, 3.8) is 0 Å². The molecule has 78 valence electrons. The van der Waals surface area contributed by atoms with Gasteiger partial charge < -0.3 is 9.73 Å². The van der Waals surface area contributed by atoms with Gasteiger partial charge in [-0.1, -0.05) is 6.92 Å². The zero-order valence-electron chi connectivity index (χ0n) is 9.10. The largest absolute Gasteiger partial charge is 0.466 e. The van der Waals surface area contributed by atoms with Gasteiger partial charge in [-0.3, -0.25) is 0 Å². The molecule has 0 bridgehead atoms. The molecule has 2 heteroatoms. The Morgan fingerprint density at radius 2 is 2.43 bits per heavy atom. The molecule has 0 aliphatic heterocycles. The minimum absolute atomic E-state index is 0.674. The molecule has 1 aliphatic carbocycles. The molecule has 0 fully saturated rings. The molecule has 1 heterocycles. The second-order valence-electron chi connectivity index (χ2n) is 4.09. The molecule has 1 atom stereocenters. The standard InChI is InChI=1S/C12H19NO/c1-3-10-7-11-9(8-13-2)5-4-6-12(11)14-10/h7,9,13H,3-6,8H2,1-2H3. The highest BCUT2D eigenvalue weighted by atomic mass is 16.3. The van der Waals surface area contributed by atoms with Crippen molar-refractivity contribution in [3.8, 4) is 0 Å². The number of hydrogen-bond acceptors (Lipinski definition) is 2. The van der Waals surface area contributed by atoms with Crippen LogP contribution in [-0.4, -0.2) is 13.6 Å². The van der Waals surface area contributed by atoms with Crippen LogP contribution in [0.15, 0.2) is 10.5 Å². The number of hydrogen-bond donors (Lipinski definition) is 1. The lowest BCUT2D eigenvalue weighted by Crippen LogP contribution is -2.20. The number of nitrogens with one attached hydrogen (secondary N) is 1. The molecule has 2 rings (SSSR count). The molecule has 0 saturated heterocycles. The Bertz CT molecular complexity index is 303. The van der Waals surface area contributed by atoms with E-state index in [1.54, 1.807) is 0 Å². The average Bonchev–Trinajstić information content (AvgIpc) is 2.62. The lowest BCUT2D eigenvalue weighted by atomic mass is 9.87. The molecule has 1 aliphatic rings. The first-order chi connectivity index (χ1) is 6.85. The van der Waals surface area contributed by atoms with Crippen molar-refractivity contribution >= 4 is 0 Å². The van der Waals surface area contributed by atoms with Gasteiger partial charge in [0.15, 0.2) is 0 Å². The van der Waals surface area contributed by atoms with Crippen LogP contribution in [0.5, 0.6) is 0 Å². The van der Waals surface area contributed by atoms with Crippen LogP contribution in [0.2, 0.25) is 0 Å². The van der Waals surface area contributed by atoms with E-state index in [0.717, 1.165) is 25.1 Å². The van der Waals surface area contributed by atoms with Crippen LogP contribution in [0.25, 0.3) is 0 Å². The minimum Gasteiger partial charge on any atom is -0.466 e. The summed E-state index contributed by atoms with van der Waals surface area (Å²) in [6.45, 7) is 3.23. The first kappa shape index (κ1) is 9.78. The topological polar surface area (TPSA) is 25.2 Å². The van der Waals surface area contributed by atoms with Crippen LogP contribution in [0.3, 0.4) is 0 Å². The molecule has 1 aromatic heterocycles. The predicted molar refractivity (Wildman–Crippen MR) is 57.7 cm³/mol. The highest BCUT2D eigenvalue weighted by Gasteiger charge is 2.23. The zero-order valence-corrected chi connectivity index (χ0v) is 9.10. The molecule has 1 unspecified atom stereocenters. The quantitative estimate of drug-likeness (QED) is 0.797. The van der Waals surface area contributed by atoms with E-state index >= 15 is 0 Å². The zero-order chi connectivity index (χ0) is 9.97. The van der Waals surface area contributed by atoms with E-state index in [9.17, 15) is 0 Å². The Labute approximate surface area is 85.7 Å². The average molecular weight is 193 g/mol. The number of likely N-dealkylation sites (N-methyl/N-ethyl adjacent to an activating group) is 1. The number of furan rings is 1. The van der Waals surface area contributed by atoms with Crippen molar-refractivity contribution in [2.24, 2.45) is 0 Å². The van der Waals surface area contributed by atoms with Crippen LogP contribution >= 0.6 is 0 Å². The summed E-state index contributed by atoms with van der Waals surface area (Å²) in [6, 6.07) is 2.26. The summed E-state index contributed by atoms with van der Waals surface area (Å²) >= 11 is 0. The first-order valence-electron chi connectivity index (χ1n) is 5.61. The summed E-state index contributed by atoms with van der Waals surface area (Å²) in [5.41, 5.74) is 1.46. The van der Waals surface area contributed by atoms with Gasteiger partial charge in [0, 0.05) is 19.4 Å². The van der Waals surface area contributed by atoms with Gasteiger partial charge in [-0.2, -0.15) is 0 Å². The monoisotopic (exact) mass is 193 g/mol. The fourth-order valence-corrected chi connectivity index (χ4v) is 2.34. The van der Waals surface area contributed by atoms with E-state index in [-0.39, 0.29) is 0 Å². The molecule has 2 nitrogen and oxygen atoms in total. The summed E-state index contributed by atoms with van der Waals surface area (Å²) in [5, 5.41) is 3.26. The lowest BCUT2D eigenvalue weighted by molar-refractivity contribution is 0.424. The summed E-state index contributed by atoms with van der Waals surface area (Å²) in [4.78, 5) is 0. The summed E-state index contributed by atoms with van der Waals surface area (Å²) in [6.07, 6.45) is 4.72. The number of rotatable bonds is 3. The lowest BCUT2D eigenvalue weighted by Gasteiger charge is -2.20. The predicted octanol–water partition coefficient (Wildman–Crippen LogP) is 2.48. The van der Waals surface area contributed by atoms with Crippen molar-refractivity contribution in [1.29, 1.82) is 0 Å². The molecule has 1 aromatic rings. The maximum absolute atomic E-state index is 5.80. The summed E-state index contributed by atoms with van der Waals surface area (Å²) < 4.78 is 5.80. The van der Waals surface area contributed by atoms with E-state index in [4.69, 9.17) is 4.42 Å². The Hall–Kier alpha value is -0.760. The molecular weight excluding hydrogens is 174 g/mol. The van der Waals surface area contributed by atoms with Crippen LogP contribution in [0.1, 0.15) is 42.8 Å². The third-order valence-electron chi connectivity index (χ3n) is 3.09.